The second-order valence-electron chi connectivity index (χ2n) is 5.41. The highest BCUT2D eigenvalue weighted by Gasteiger charge is 2.41. The van der Waals surface area contributed by atoms with E-state index in [9.17, 15) is 4.79 Å². The summed E-state index contributed by atoms with van der Waals surface area (Å²) >= 11 is 0. The molecule has 0 radical (unpaired) electrons. The van der Waals surface area contributed by atoms with Gasteiger partial charge in [-0.1, -0.05) is 0 Å². The number of rotatable bonds is 3. The number of nitrogens with zero attached hydrogens (tertiary/aromatic N) is 1. The first kappa shape index (κ1) is 11.8. The summed E-state index contributed by atoms with van der Waals surface area (Å²) in [7, 11) is 1.62. The van der Waals surface area contributed by atoms with Crippen LogP contribution in [0.3, 0.4) is 0 Å². The first-order chi connectivity index (χ1) is 8.69. The maximum absolute atomic E-state index is 12.5. The molecule has 1 saturated carbocycles. The van der Waals surface area contributed by atoms with Gasteiger partial charge in [-0.2, -0.15) is 0 Å². The normalized spacial score (nSPS) is 26.0. The minimum atomic E-state index is 0.130. The number of methoxy groups -OCH3 is 1. The van der Waals surface area contributed by atoms with Gasteiger partial charge in [0.2, 0.25) is 0 Å². The molecule has 18 heavy (non-hydrogen) atoms. The van der Waals surface area contributed by atoms with E-state index in [1.54, 1.807) is 7.11 Å². The van der Waals surface area contributed by atoms with E-state index >= 15 is 0 Å². The van der Waals surface area contributed by atoms with Crippen LogP contribution in [-0.4, -0.2) is 30.5 Å². The fourth-order valence-electron chi connectivity index (χ4n) is 3.30. The van der Waals surface area contributed by atoms with Crippen molar-refractivity contribution in [2.75, 3.05) is 13.7 Å². The number of aryl methyl sites for hydroxylation is 1. The number of carbonyl (C=O) groups is 1. The molecule has 1 saturated heterocycles. The molecule has 2 unspecified atom stereocenters. The maximum atomic E-state index is 12.5. The third-order valence-electron chi connectivity index (χ3n) is 4.16. The molecule has 1 aromatic rings. The van der Waals surface area contributed by atoms with Gasteiger partial charge < -0.3 is 14.1 Å². The first-order valence-corrected chi connectivity index (χ1v) is 6.58. The van der Waals surface area contributed by atoms with Crippen LogP contribution in [0.5, 0.6) is 0 Å². The number of ether oxygens (including phenoxy) is 1. The molecule has 2 fully saturated rings. The van der Waals surface area contributed by atoms with Crippen LogP contribution in [0.1, 0.15) is 41.1 Å². The van der Waals surface area contributed by atoms with Gasteiger partial charge in [0.1, 0.15) is 18.1 Å². The fourth-order valence-corrected chi connectivity index (χ4v) is 3.30. The van der Waals surface area contributed by atoms with E-state index < -0.39 is 0 Å². The van der Waals surface area contributed by atoms with Crippen molar-refractivity contribution >= 4 is 5.91 Å². The van der Waals surface area contributed by atoms with Crippen LogP contribution in [0.25, 0.3) is 0 Å². The second kappa shape index (κ2) is 4.43. The summed E-state index contributed by atoms with van der Waals surface area (Å²) in [6, 6.07) is 2.29. The lowest BCUT2D eigenvalue weighted by molar-refractivity contribution is 0.0702. The third-order valence-corrected chi connectivity index (χ3v) is 4.16. The van der Waals surface area contributed by atoms with Gasteiger partial charge in [-0.3, -0.25) is 4.79 Å². The van der Waals surface area contributed by atoms with E-state index in [1.807, 2.05) is 17.9 Å². The van der Waals surface area contributed by atoms with Crippen molar-refractivity contribution in [1.82, 2.24) is 4.90 Å². The van der Waals surface area contributed by atoms with Crippen molar-refractivity contribution in [2.24, 2.45) is 5.92 Å². The van der Waals surface area contributed by atoms with Crippen LogP contribution in [0.4, 0.5) is 0 Å². The molecule has 3 rings (SSSR count). The summed E-state index contributed by atoms with van der Waals surface area (Å²) in [5.41, 5.74) is 0.703. The Bertz CT molecular complexity index is 466. The Morgan fingerprint density at radius 3 is 3.00 bits per heavy atom. The fraction of sp³-hybridized carbons (Fsp3) is 0.643. The third kappa shape index (κ3) is 1.85. The molecule has 98 valence electrons. The molecule has 1 aliphatic carbocycles. The lowest BCUT2D eigenvalue weighted by Crippen LogP contribution is -2.37. The molecule has 4 nitrogen and oxygen atoms in total. The highest BCUT2D eigenvalue weighted by atomic mass is 16.5. The van der Waals surface area contributed by atoms with Crippen molar-refractivity contribution in [2.45, 2.75) is 38.8 Å². The van der Waals surface area contributed by atoms with Crippen LogP contribution < -0.4 is 0 Å². The van der Waals surface area contributed by atoms with Gasteiger partial charge in [0.05, 0.1) is 5.56 Å². The van der Waals surface area contributed by atoms with Crippen molar-refractivity contribution in [3.05, 3.63) is 23.2 Å². The molecule has 4 heteroatoms. The Labute approximate surface area is 107 Å². The summed E-state index contributed by atoms with van der Waals surface area (Å²) in [6.45, 7) is 3.19. The van der Waals surface area contributed by atoms with E-state index in [2.05, 4.69) is 0 Å². The Morgan fingerprint density at radius 1 is 1.56 bits per heavy atom. The Morgan fingerprint density at radius 2 is 2.39 bits per heavy atom. The predicted molar refractivity (Wildman–Crippen MR) is 66.3 cm³/mol. The second-order valence-corrected chi connectivity index (χ2v) is 5.41. The number of piperidine rings is 1. The maximum Gasteiger partial charge on any atom is 0.257 e. The predicted octanol–water partition coefficient (Wildman–Crippen LogP) is 2.36. The summed E-state index contributed by atoms with van der Waals surface area (Å²) in [4.78, 5) is 14.5. The first-order valence-electron chi connectivity index (χ1n) is 6.58. The lowest BCUT2D eigenvalue weighted by Gasteiger charge is -2.26. The number of fused-ring (bicyclic) bond motifs is 2. The molecule has 2 heterocycles. The average molecular weight is 249 g/mol. The molecule has 0 aromatic carbocycles. The summed E-state index contributed by atoms with van der Waals surface area (Å²) in [5.74, 6) is 2.29. The van der Waals surface area contributed by atoms with Gasteiger partial charge in [0, 0.05) is 19.7 Å². The zero-order chi connectivity index (χ0) is 12.7. The van der Waals surface area contributed by atoms with E-state index in [-0.39, 0.29) is 5.91 Å². The summed E-state index contributed by atoms with van der Waals surface area (Å²) < 4.78 is 10.6. The number of furan rings is 1. The van der Waals surface area contributed by atoms with Gasteiger partial charge in [-0.15, -0.1) is 0 Å². The monoisotopic (exact) mass is 249 g/mol. The standard InChI is InChI=1S/C14H19NO3/c1-9-13(6-12(18-9)8-17-2)14(16)15-7-10-3-4-11(15)5-10/h6,10-11H,3-5,7-8H2,1-2H3. The molecular formula is C14H19NO3. The smallest absolute Gasteiger partial charge is 0.257 e. The lowest BCUT2D eigenvalue weighted by atomic mass is 10.1. The number of likely N-dealkylation sites (tertiary alicyclic amines) is 1. The number of hydrogen-bond acceptors (Lipinski definition) is 3. The van der Waals surface area contributed by atoms with Crippen LogP contribution >= 0.6 is 0 Å². The Kier molecular flexibility index (Phi) is 2.90. The van der Waals surface area contributed by atoms with Gasteiger partial charge in [0.25, 0.3) is 5.91 Å². The molecule has 0 N–H and O–H groups in total. The molecule has 2 bridgehead atoms. The van der Waals surface area contributed by atoms with Gasteiger partial charge in [-0.25, -0.2) is 0 Å². The van der Waals surface area contributed by atoms with Crippen LogP contribution in [0.15, 0.2) is 10.5 Å². The molecule has 0 spiro atoms. The number of carbonyl (C=O) groups excluding carboxylic acids is 1. The van der Waals surface area contributed by atoms with Crippen molar-refractivity contribution in [1.29, 1.82) is 0 Å². The molecule has 2 atom stereocenters. The van der Waals surface area contributed by atoms with Crippen molar-refractivity contribution in [3.8, 4) is 0 Å². The van der Waals surface area contributed by atoms with Gasteiger partial charge in [-0.05, 0) is 38.2 Å². The quantitative estimate of drug-likeness (QED) is 0.826. The molecular weight excluding hydrogens is 230 g/mol. The largest absolute Gasteiger partial charge is 0.463 e. The molecule has 2 aliphatic rings. The zero-order valence-corrected chi connectivity index (χ0v) is 10.9. The number of amides is 1. The summed E-state index contributed by atoms with van der Waals surface area (Å²) in [6.07, 6.45) is 3.64. The van der Waals surface area contributed by atoms with Crippen molar-refractivity contribution in [3.63, 3.8) is 0 Å². The molecule has 1 amide bonds. The topological polar surface area (TPSA) is 42.7 Å². The summed E-state index contributed by atoms with van der Waals surface area (Å²) in [5, 5.41) is 0. The molecule has 1 aromatic heterocycles. The zero-order valence-electron chi connectivity index (χ0n) is 10.9. The highest BCUT2D eigenvalue weighted by molar-refractivity contribution is 5.95. The van der Waals surface area contributed by atoms with Gasteiger partial charge in [0.15, 0.2) is 0 Å². The van der Waals surface area contributed by atoms with Crippen LogP contribution in [-0.2, 0) is 11.3 Å². The van der Waals surface area contributed by atoms with E-state index in [0.717, 1.165) is 24.6 Å². The van der Waals surface area contributed by atoms with E-state index in [1.165, 1.54) is 12.8 Å². The van der Waals surface area contributed by atoms with Crippen molar-refractivity contribution < 1.29 is 13.9 Å². The van der Waals surface area contributed by atoms with E-state index in [0.29, 0.717) is 24.0 Å². The molecule has 1 aliphatic heterocycles. The van der Waals surface area contributed by atoms with Crippen LogP contribution in [0, 0.1) is 12.8 Å². The Balaban J connectivity index is 1.80. The average Bonchev–Trinajstić information content (AvgIpc) is 3.03. The number of hydrogen-bond donors (Lipinski definition) is 0. The van der Waals surface area contributed by atoms with Gasteiger partial charge >= 0.3 is 0 Å². The van der Waals surface area contributed by atoms with E-state index in [4.69, 9.17) is 9.15 Å². The minimum Gasteiger partial charge on any atom is -0.463 e. The minimum absolute atomic E-state index is 0.130. The highest BCUT2D eigenvalue weighted by Crippen LogP contribution is 2.38. The SMILES string of the molecule is COCc1cc(C(=O)N2CC3CCC2C3)c(C)o1. The van der Waals surface area contributed by atoms with Crippen LogP contribution in [0.2, 0.25) is 0 Å². The Hall–Kier alpha value is -1.29.